The van der Waals surface area contributed by atoms with Crippen molar-refractivity contribution in [1.82, 2.24) is 0 Å². The fraction of sp³-hybridized carbons (Fsp3) is 0.167. The first kappa shape index (κ1) is 15.6. The Morgan fingerprint density at radius 1 is 1.00 bits per heavy atom. The Kier molecular flexibility index (Phi) is 4.51. The molecule has 4 nitrogen and oxygen atoms in total. The molecule has 4 heteroatoms. The van der Waals surface area contributed by atoms with Crippen LogP contribution in [0.3, 0.4) is 0 Å². The van der Waals surface area contributed by atoms with Crippen molar-refractivity contribution in [3.63, 3.8) is 0 Å². The predicted octanol–water partition coefficient (Wildman–Crippen LogP) is 4.09. The van der Waals surface area contributed by atoms with Gasteiger partial charge in [0.15, 0.2) is 0 Å². The molecule has 0 amide bonds. The summed E-state index contributed by atoms with van der Waals surface area (Å²) in [5.74, 6) is -0.861. The zero-order valence-electron chi connectivity index (χ0n) is 12.4. The minimum Gasteiger partial charge on any atom is -0.507 e. The molecule has 0 saturated carbocycles. The van der Waals surface area contributed by atoms with E-state index in [0.717, 1.165) is 5.56 Å². The molecule has 0 heterocycles. The summed E-state index contributed by atoms with van der Waals surface area (Å²) in [5, 5.41) is 28.9. The van der Waals surface area contributed by atoms with E-state index in [4.69, 9.17) is 5.11 Å². The first-order valence-electron chi connectivity index (χ1n) is 6.96. The van der Waals surface area contributed by atoms with Crippen LogP contribution in [0.5, 0.6) is 11.5 Å². The van der Waals surface area contributed by atoms with Crippen molar-refractivity contribution in [3.8, 4) is 11.5 Å². The minimum atomic E-state index is -0.980. The molecular weight excluding hydrogens is 280 g/mol. The minimum absolute atomic E-state index is 0.0188. The zero-order chi connectivity index (χ0) is 16.3. The molecule has 0 fully saturated rings. The molecule has 0 unspecified atom stereocenters. The van der Waals surface area contributed by atoms with Gasteiger partial charge in [0.25, 0.3) is 0 Å². The predicted molar refractivity (Wildman–Crippen MR) is 86.2 cm³/mol. The second-order valence-electron chi connectivity index (χ2n) is 5.39. The molecule has 0 aliphatic rings. The summed E-state index contributed by atoms with van der Waals surface area (Å²) in [7, 11) is 0. The second kappa shape index (κ2) is 6.35. The monoisotopic (exact) mass is 298 g/mol. The van der Waals surface area contributed by atoms with E-state index in [1.165, 1.54) is 6.07 Å². The third kappa shape index (κ3) is 3.47. The van der Waals surface area contributed by atoms with E-state index >= 15 is 0 Å². The van der Waals surface area contributed by atoms with Gasteiger partial charge in [0, 0.05) is 5.56 Å². The van der Waals surface area contributed by atoms with Crippen LogP contribution in [0.15, 0.2) is 36.4 Å². The van der Waals surface area contributed by atoms with Crippen molar-refractivity contribution >= 4 is 18.1 Å². The Morgan fingerprint density at radius 3 is 2.14 bits per heavy atom. The number of hydrogen-bond donors (Lipinski definition) is 3. The molecule has 2 rings (SSSR count). The topological polar surface area (TPSA) is 77.8 Å². The van der Waals surface area contributed by atoms with Crippen molar-refractivity contribution in [1.29, 1.82) is 0 Å². The van der Waals surface area contributed by atoms with Crippen LogP contribution in [0.2, 0.25) is 0 Å². The maximum Gasteiger partial charge on any atom is 0.335 e. The Labute approximate surface area is 129 Å². The average molecular weight is 298 g/mol. The zero-order valence-corrected chi connectivity index (χ0v) is 12.4. The van der Waals surface area contributed by atoms with Crippen LogP contribution in [-0.2, 0) is 0 Å². The summed E-state index contributed by atoms with van der Waals surface area (Å²) < 4.78 is 0. The lowest BCUT2D eigenvalue weighted by Gasteiger charge is -2.11. The summed E-state index contributed by atoms with van der Waals surface area (Å²) in [6.45, 7) is 3.78. The molecule has 0 radical (unpaired) electrons. The molecule has 3 N–H and O–H groups in total. The number of aromatic carboxylic acids is 1. The highest BCUT2D eigenvalue weighted by molar-refractivity contribution is 5.88. The van der Waals surface area contributed by atoms with E-state index in [1.807, 2.05) is 13.8 Å². The molecule has 0 atom stereocenters. The fourth-order valence-electron chi connectivity index (χ4n) is 2.30. The van der Waals surface area contributed by atoms with Crippen molar-refractivity contribution in [2.45, 2.75) is 19.8 Å². The number of rotatable bonds is 4. The summed E-state index contributed by atoms with van der Waals surface area (Å²) in [4.78, 5) is 10.9. The lowest BCUT2D eigenvalue weighted by molar-refractivity contribution is 0.0697. The molecule has 2 aromatic carbocycles. The summed E-state index contributed by atoms with van der Waals surface area (Å²) in [5.41, 5.74) is 2.10. The molecule has 0 aromatic heterocycles. The van der Waals surface area contributed by atoms with Crippen LogP contribution in [0, 0.1) is 0 Å². The Bertz CT molecular complexity index is 707. The van der Waals surface area contributed by atoms with Crippen molar-refractivity contribution < 1.29 is 20.1 Å². The molecule has 0 spiro atoms. The third-order valence-electron chi connectivity index (χ3n) is 3.34. The van der Waals surface area contributed by atoms with Gasteiger partial charge in [-0.3, -0.25) is 0 Å². The number of carbonyl (C=O) groups is 1. The number of carboxylic acid groups (broad SMARTS) is 1. The maximum atomic E-state index is 10.9. The summed E-state index contributed by atoms with van der Waals surface area (Å²) in [6, 6.07) is 9.68. The summed E-state index contributed by atoms with van der Waals surface area (Å²) in [6.07, 6.45) is 3.44. The standard InChI is InChI=1S/C18H18O4/c1-11(2)17-15(19)9-13(10-16(17)20)7-6-12-4-3-5-14(8-12)18(21)22/h3-11,19-20H,1-2H3,(H,21,22)/b7-6+. The van der Waals surface area contributed by atoms with E-state index in [1.54, 1.807) is 42.5 Å². The van der Waals surface area contributed by atoms with Gasteiger partial charge in [0.2, 0.25) is 0 Å². The third-order valence-corrected chi connectivity index (χ3v) is 3.34. The number of aromatic hydroxyl groups is 2. The van der Waals surface area contributed by atoms with Crippen LogP contribution in [0.4, 0.5) is 0 Å². The average Bonchev–Trinajstić information content (AvgIpc) is 2.44. The van der Waals surface area contributed by atoms with Gasteiger partial charge in [-0.05, 0) is 41.3 Å². The van der Waals surface area contributed by atoms with Crippen LogP contribution in [-0.4, -0.2) is 21.3 Å². The number of benzene rings is 2. The Morgan fingerprint density at radius 2 is 1.59 bits per heavy atom. The highest BCUT2D eigenvalue weighted by atomic mass is 16.4. The number of hydrogen-bond acceptors (Lipinski definition) is 3. The van der Waals surface area contributed by atoms with Crippen molar-refractivity contribution in [2.24, 2.45) is 0 Å². The van der Waals surface area contributed by atoms with Gasteiger partial charge < -0.3 is 15.3 Å². The normalized spacial score (nSPS) is 11.2. The van der Waals surface area contributed by atoms with E-state index in [-0.39, 0.29) is 23.0 Å². The van der Waals surface area contributed by atoms with E-state index < -0.39 is 5.97 Å². The van der Waals surface area contributed by atoms with Gasteiger partial charge in [-0.15, -0.1) is 0 Å². The van der Waals surface area contributed by atoms with Gasteiger partial charge in [-0.2, -0.15) is 0 Å². The molecular formula is C18H18O4. The first-order valence-corrected chi connectivity index (χ1v) is 6.96. The van der Waals surface area contributed by atoms with E-state index in [9.17, 15) is 15.0 Å². The van der Waals surface area contributed by atoms with Gasteiger partial charge in [0.1, 0.15) is 11.5 Å². The summed E-state index contributed by atoms with van der Waals surface area (Å²) >= 11 is 0. The number of phenolic OH excluding ortho intramolecular Hbond substituents is 2. The van der Waals surface area contributed by atoms with Gasteiger partial charge in [0.05, 0.1) is 5.56 Å². The number of phenols is 2. The smallest absolute Gasteiger partial charge is 0.335 e. The molecule has 0 bridgehead atoms. The van der Waals surface area contributed by atoms with Crippen LogP contribution < -0.4 is 0 Å². The Balaban J connectivity index is 2.31. The molecule has 22 heavy (non-hydrogen) atoms. The van der Waals surface area contributed by atoms with Crippen LogP contribution in [0.25, 0.3) is 12.2 Å². The fourth-order valence-corrected chi connectivity index (χ4v) is 2.30. The van der Waals surface area contributed by atoms with E-state index in [0.29, 0.717) is 11.1 Å². The lowest BCUT2D eigenvalue weighted by Crippen LogP contribution is -1.95. The van der Waals surface area contributed by atoms with Crippen molar-refractivity contribution in [3.05, 3.63) is 58.7 Å². The molecule has 0 saturated heterocycles. The van der Waals surface area contributed by atoms with Crippen LogP contribution >= 0.6 is 0 Å². The quantitative estimate of drug-likeness (QED) is 0.743. The van der Waals surface area contributed by atoms with Gasteiger partial charge in [-0.25, -0.2) is 4.79 Å². The van der Waals surface area contributed by atoms with Crippen LogP contribution in [0.1, 0.15) is 46.8 Å². The molecule has 114 valence electrons. The first-order chi connectivity index (χ1) is 10.4. The van der Waals surface area contributed by atoms with Crippen molar-refractivity contribution in [2.75, 3.05) is 0 Å². The Hall–Kier alpha value is -2.75. The van der Waals surface area contributed by atoms with Gasteiger partial charge >= 0.3 is 5.97 Å². The lowest BCUT2D eigenvalue weighted by atomic mass is 9.98. The highest BCUT2D eigenvalue weighted by Crippen LogP contribution is 2.35. The highest BCUT2D eigenvalue weighted by Gasteiger charge is 2.12. The number of carboxylic acids is 1. The largest absolute Gasteiger partial charge is 0.507 e. The van der Waals surface area contributed by atoms with E-state index in [2.05, 4.69) is 0 Å². The molecule has 0 aliphatic heterocycles. The second-order valence-corrected chi connectivity index (χ2v) is 5.39. The molecule has 0 aliphatic carbocycles. The maximum absolute atomic E-state index is 10.9. The SMILES string of the molecule is CC(C)c1c(O)cc(/C=C/c2cccc(C(=O)O)c2)cc1O. The molecule has 2 aromatic rings. The van der Waals surface area contributed by atoms with Gasteiger partial charge in [-0.1, -0.05) is 38.1 Å².